The number of ether oxygens (including phenoxy) is 3. The zero-order valence-corrected chi connectivity index (χ0v) is 10.2. The molecule has 0 aromatic rings. The second-order valence-corrected chi connectivity index (χ2v) is 4.20. The lowest BCUT2D eigenvalue weighted by atomic mass is 10.0. The molecule has 0 aliphatic carbocycles. The molecule has 1 aliphatic heterocycles. The van der Waals surface area contributed by atoms with E-state index in [2.05, 4.69) is 0 Å². The maximum absolute atomic E-state index is 10.9. The minimum absolute atomic E-state index is 0.309. The largest absolute Gasteiger partial charge is 0.458 e. The quantitative estimate of drug-likeness (QED) is 0.545. The van der Waals surface area contributed by atoms with E-state index in [1.807, 2.05) is 0 Å². The molecular formula is C10H15ClO5. The van der Waals surface area contributed by atoms with E-state index < -0.39 is 35.8 Å². The molecule has 6 heteroatoms. The zero-order valence-electron chi connectivity index (χ0n) is 9.44. The molecule has 0 aromatic carbocycles. The highest BCUT2D eigenvalue weighted by molar-refractivity contribution is 6.19. The van der Waals surface area contributed by atoms with Crippen molar-refractivity contribution in [1.29, 1.82) is 0 Å². The van der Waals surface area contributed by atoms with E-state index in [9.17, 15) is 9.59 Å². The van der Waals surface area contributed by atoms with Gasteiger partial charge in [-0.15, -0.1) is 0 Å². The summed E-state index contributed by atoms with van der Waals surface area (Å²) in [5.74, 6) is -0.870. The summed E-state index contributed by atoms with van der Waals surface area (Å²) in [5, 5.41) is 0. The van der Waals surface area contributed by atoms with Crippen molar-refractivity contribution in [2.75, 3.05) is 0 Å². The van der Waals surface area contributed by atoms with Gasteiger partial charge < -0.3 is 14.2 Å². The number of carbonyl (C=O) groups is 2. The lowest BCUT2D eigenvalue weighted by Crippen LogP contribution is -2.49. The number of rotatable bonds is 2. The molecule has 1 heterocycles. The number of hydrogen-bond donors (Lipinski definition) is 0. The van der Waals surface area contributed by atoms with Crippen LogP contribution in [0.2, 0.25) is 0 Å². The van der Waals surface area contributed by atoms with Crippen LogP contribution in [0.3, 0.4) is 0 Å². The van der Waals surface area contributed by atoms with Gasteiger partial charge in [0.2, 0.25) is 0 Å². The third-order valence-electron chi connectivity index (χ3n) is 2.23. The number of alkyl halides is 1. The molecule has 1 saturated heterocycles. The van der Waals surface area contributed by atoms with Crippen LogP contribution in [0.1, 0.15) is 27.2 Å². The predicted octanol–water partition coefficient (Wildman–Crippen LogP) is 1.22. The van der Waals surface area contributed by atoms with Crippen LogP contribution < -0.4 is 0 Å². The van der Waals surface area contributed by atoms with Gasteiger partial charge >= 0.3 is 11.9 Å². The van der Waals surface area contributed by atoms with Crippen molar-refractivity contribution in [3.8, 4) is 0 Å². The van der Waals surface area contributed by atoms with E-state index in [4.69, 9.17) is 25.8 Å². The molecule has 0 saturated carbocycles. The summed E-state index contributed by atoms with van der Waals surface area (Å²) in [4.78, 5) is 21.8. The first-order valence-electron chi connectivity index (χ1n) is 5.04. The summed E-state index contributed by atoms with van der Waals surface area (Å²) >= 11 is 5.84. The minimum Gasteiger partial charge on any atom is -0.458 e. The molecular weight excluding hydrogens is 236 g/mol. The highest BCUT2D eigenvalue weighted by Crippen LogP contribution is 2.27. The van der Waals surface area contributed by atoms with Crippen LogP contribution in [0, 0.1) is 0 Å². The van der Waals surface area contributed by atoms with Crippen LogP contribution in [0.25, 0.3) is 0 Å². The number of carbonyl (C=O) groups excluding carboxylic acids is 2. The van der Waals surface area contributed by atoms with E-state index in [0.717, 1.165) is 0 Å². The van der Waals surface area contributed by atoms with Gasteiger partial charge in [-0.1, -0.05) is 11.6 Å². The highest BCUT2D eigenvalue weighted by atomic mass is 35.5. The first-order valence-corrected chi connectivity index (χ1v) is 5.47. The topological polar surface area (TPSA) is 61.8 Å². The van der Waals surface area contributed by atoms with Gasteiger partial charge in [0.1, 0.15) is 11.7 Å². The average molecular weight is 251 g/mol. The van der Waals surface area contributed by atoms with Gasteiger partial charge in [0.05, 0.1) is 6.10 Å². The standard InChI is InChI=1S/C10H15ClO5/c1-5-10(16-7(3)13)8(15-6(2)12)4-9(11)14-5/h5,8-10H,4H2,1-3H3/t5-,8-,9-,10-/m0/s1. The average Bonchev–Trinajstić information content (AvgIpc) is 2.09. The monoisotopic (exact) mass is 250 g/mol. The Morgan fingerprint density at radius 1 is 1.25 bits per heavy atom. The minimum atomic E-state index is -0.601. The molecule has 0 aromatic heterocycles. The summed E-state index contributed by atoms with van der Waals surface area (Å²) < 4.78 is 15.4. The number of hydrogen-bond acceptors (Lipinski definition) is 5. The summed E-state index contributed by atoms with van der Waals surface area (Å²) in [6, 6.07) is 0. The SMILES string of the molecule is CC(=O)O[C@H]1[C@H](C)O[C@H](Cl)C[C@@H]1OC(C)=O. The van der Waals surface area contributed by atoms with E-state index in [0.29, 0.717) is 6.42 Å². The Hall–Kier alpha value is -0.810. The maximum Gasteiger partial charge on any atom is 0.303 e. The molecule has 92 valence electrons. The number of halogens is 1. The predicted molar refractivity (Wildman–Crippen MR) is 55.9 cm³/mol. The summed E-state index contributed by atoms with van der Waals surface area (Å²) in [5.41, 5.74) is -0.536. The van der Waals surface area contributed by atoms with E-state index >= 15 is 0 Å². The van der Waals surface area contributed by atoms with Gasteiger partial charge in [-0.05, 0) is 6.92 Å². The summed E-state index contributed by atoms with van der Waals surface area (Å²) in [6.45, 7) is 4.32. The first-order chi connectivity index (χ1) is 7.40. The van der Waals surface area contributed by atoms with Crippen molar-refractivity contribution >= 4 is 23.5 Å². The molecule has 1 fully saturated rings. The van der Waals surface area contributed by atoms with Crippen molar-refractivity contribution in [1.82, 2.24) is 0 Å². The van der Waals surface area contributed by atoms with Gasteiger partial charge in [-0.3, -0.25) is 9.59 Å². The van der Waals surface area contributed by atoms with Crippen molar-refractivity contribution in [3.63, 3.8) is 0 Å². The Balaban J connectivity index is 2.71. The highest BCUT2D eigenvalue weighted by Gasteiger charge is 2.40. The van der Waals surface area contributed by atoms with E-state index in [1.54, 1.807) is 6.92 Å². The van der Waals surface area contributed by atoms with Gasteiger partial charge in [0.25, 0.3) is 0 Å². The molecule has 4 atom stereocenters. The third-order valence-corrected chi connectivity index (χ3v) is 2.51. The Kier molecular flexibility index (Phi) is 4.56. The molecule has 1 aliphatic rings. The second kappa shape index (κ2) is 5.50. The van der Waals surface area contributed by atoms with Crippen LogP contribution in [-0.4, -0.2) is 35.8 Å². The van der Waals surface area contributed by atoms with Crippen molar-refractivity contribution in [2.45, 2.75) is 51.1 Å². The normalized spacial score (nSPS) is 34.2. The van der Waals surface area contributed by atoms with Crippen molar-refractivity contribution in [2.24, 2.45) is 0 Å². The van der Waals surface area contributed by atoms with Gasteiger partial charge in [-0.2, -0.15) is 0 Å². The summed E-state index contributed by atoms with van der Waals surface area (Å²) in [7, 11) is 0. The van der Waals surface area contributed by atoms with Crippen molar-refractivity contribution in [3.05, 3.63) is 0 Å². The third kappa shape index (κ3) is 3.64. The maximum atomic E-state index is 10.9. The molecule has 0 N–H and O–H groups in total. The molecule has 16 heavy (non-hydrogen) atoms. The molecule has 0 unspecified atom stereocenters. The second-order valence-electron chi connectivity index (χ2n) is 3.71. The number of esters is 2. The van der Waals surface area contributed by atoms with Crippen molar-refractivity contribution < 1.29 is 23.8 Å². The molecule has 0 amide bonds. The Morgan fingerprint density at radius 3 is 2.31 bits per heavy atom. The van der Waals surface area contributed by atoms with Crippen LogP contribution in [0.15, 0.2) is 0 Å². The van der Waals surface area contributed by atoms with Crippen LogP contribution >= 0.6 is 11.6 Å². The van der Waals surface area contributed by atoms with E-state index in [1.165, 1.54) is 13.8 Å². The van der Waals surface area contributed by atoms with Crippen LogP contribution in [0.5, 0.6) is 0 Å². The Bertz CT molecular complexity index is 280. The molecule has 0 radical (unpaired) electrons. The van der Waals surface area contributed by atoms with E-state index in [-0.39, 0.29) is 0 Å². The Labute approximate surface area is 99.0 Å². The van der Waals surface area contributed by atoms with Gasteiger partial charge in [0, 0.05) is 20.3 Å². The van der Waals surface area contributed by atoms with Gasteiger partial charge in [0.15, 0.2) is 6.10 Å². The Morgan fingerprint density at radius 2 is 1.81 bits per heavy atom. The smallest absolute Gasteiger partial charge is 0.303 e. The lowest BCUT2D eigenvalue weighted by Gasteiger charge is -2.37. The molecule has 0 bridgehead atoms. The fourth-order valence-corrected chi connectivity index (χ4v) is 2.01. The lowest BCUT2D eigenvalue weighted by molar-refractivity contribution is -0.195. The van der Waals surface area contributed by atoms with Gasteiger partial charge in [-0.25, -0.2) is 0 Å². The fraction of sp³-hybridized carbons (Fsp3) is 0.800. The fourth-order valence-electron chi connectivity index (χ4n) is 1.68. The molecule has 0 spiro atoms. The first kappa shape index (κ1) is 13.3. The zero-order chi connectivity index (χ0) is 12.3. The van der Waals surface area contributed by atoms with Crippen LogP contribution in [0.4, 0.5) is 0 Å². The molecule has 5 nitrogen and oxygen atoms in total. The van der Waals surface area contributed by atoms with Crippen LogP contribution in [-0.2, 0) is 23.8 Å². The summed E-state index contributed by atoms with van der Waals surface area (Å²) in [6.07, 6.45) is -1.24. The molecule has 1 rings (SSSR count).